The highest BCUT2D eigenvalue weighted by atomic mass is 16.1. The zero-order chi connectivity index (χ0) is 13.1. The van der Waals surface area contributed by atoms with Gasteiger partial charge in [0.1, 0.15) is 5.82 Å². The predicted molar refractivity (Wildman–Crippen MR) is 72.1 cm³/mol. The molecular formula is C14H19N3O. The number of aromatic amines is 1. The van der Waals surface area contributed by atoms with Crippen LogP contribution in [0.4, 0.5) is 0 Å². The highest BCUT2D eigenvalue weighted by Crippen LogP contribution is 2.22. The van der Waals surface area contributed by atoms with Gasteiger partial charge in [0.15, 0.2) is 0 Å². The Morgan fingerprint density at radius 1 is 1.39 bits per heavy atom. The number of hydrogen-bond donors (Lipinski definition) is 2. The van der Waals surface area contributed by atoms with Crippen LogP contribution in [0.25, 0.3) is 11.0 Å². The number of hydrogen-bond acceptors (Lipinski definition) is 2. The lowest BCUT2D eigenvalue weighted by Crippen LogP contribution is -2.31. The van der Waals surface area contributed by atoms with Gasteiger partial charge in [-0.1, -0.05) is 32.9 Å². The molecule has 1 aromatic heterocycles. The van der Waals surface area contributed by atoms with Gasteiger partial charge in [0.25, 0.3) is 0 Å². The van der Waals surface area contributed by atoms with E-state index in [9.17, 15) is 4.79 Å². The average molecular weight is 245 g/mol. The molecule has 1 aromatic carbocycles. The van der Waals surface area contributed by atoms with Gasteiger partial charge in [-0.05, 0) is 18.1 Å². The van der Waals surface area contributed by atoms with Gasteiger partial charge in [-0.15, -0.1) is 0 Å². The third-order valence-electron chi connectivity index (χ3n) is 3.01. The average Bonchev–Trinajstić information content (AvgIpc) is 2.78. The standard InChI is InChI=1S/C14H19N3O/c1-4-12(18)17-13(9(2)3)14-15-10-7-5-6-8-11(10)16-14/h5-9,13H,4H2,1-3H3,(H,15,16)(H,17,18)/t13-/m0/s1. The van der Waals surface area contributed by atoms with Crippen molar-refractivity contribution in [3.05, 3.63) is 30.1 Å². The fraction of sp³-hybridized carbons (Fsp3) is 0.429. The second kappa shape index (κ2) is 5.21. The largest absolute Gasteiger partial charge is 0.346 e. The third-order valence-corrected chi connectivity index (χ3v) is 3.01. The van der Waals surface area contributed by atoms with Crippen LogP contribution in [0, 0.1) is 5.92 Å². The van der Waals surface area contributed by atoms with Gasteiger partial charge in [0, 0.05) is 6.42 Å². The Hall–Kier alpha value is -1.84. The van der Waals surface area contributed by atoms with E-state index in [2.05, 4.69) is 29.1 Å². The molecule has 96 valence electrons. The smallest absolute Gasteiger partial charge is 0.220 e. The Morgan fingerprint density at radius 2 is 2.11 bits per heavy atom. The van der Waals surface area contributed by atoms with Crippen molar-refractivity contribution in [1.82, 2.24) is 15.3 Å². The zero-order valence-electron chi connectivity index (χ0n) is 11.0. The lowest BCUT2D eigenvalue weighted by atomic mass is 10.0. The van der Waals surface area contributed by atoms with Crippen molar-refractivity contribution in [2.45, 2.75) is 33.2 Å². The van der Waals surface area contributed by atoms with E-state index in [1.54, 1.807) is 0 Å². The van der Waals surface area contributed by atoms with Crippen LogP contribution in [0.15, 0.2) is 24.3 Å². The van der Waals surface area contributed by atoms with Crippen molar-refractivity contribution in [3.8, 4) is 0 Å². The maximum absolute atomic E-state index is 11.6. The molecule has 0 saturated carbocycles. The molecule has 0 radical (unpaired) electrons. The first-order valence-corrected chi connectivity index (χ1v) is 6.35. The molecule has 18 heavy (non-hydrogen) atoms. The highest BCUT2D eigenvalue weighted by Gasteiger charge is 2.20. The molecule has 0 fully saturated rings. The van der Waals surface area contributed by atoms with Gasteiger partial charge in [-0.3, -0.25) is 4.79 Å². The molecule has 4 nitrogen and oxygen atoms in total. The topological polar surface area (TPSA) is 57.8 Å². The number of carbonyl (C=O) groups is 1. The summed E-state index contributed by atoms with van der Waals surface area (Å²) in [7, 11) is 0. The molecular weight excluding hydrogens is 226 g/mol. The first-order chi connectivity index (χ1) is 8.61. The van der Waals surface area contributed by atoms with Gasteiger partial charge >= 0.3 is 0 Å². The molecule has 2 aromatic rings. The predicted octanol–water partition coefficient (Wildman–Crippen LogP) is 2.79. The molecule has 0 saturated heterocycles. The SMILES string of the molecule is CCC(=O)N[C@H](c1nc2ccccc2[nH]1)C(C)C. The van der Waals surface area contributed by atoms with Crippen molar-refractivity contribution >= 4 is 16.9 Å². The fourth-order valence-corrected chi connectivity index (χ4v) is 1.95. The van der Waals surface area contributed by atoms with Crippen LogP contribution in [0.1, 0.15) is 39.1 Å². The molecule has 2 N–H and O–H groups in total. The van der Waals surface area contributed by atoms with Crippen LogP contribution in [-0.4, -0.2) is 15.9 Å². The summed E-state index contributed by atoms with van der Waals surface area (Å²) in [6, 6.07) is 7.82. The second-order valence-electron chi connectivity index (χ2n) is 4.78. The van der Waals surface area contributed by atoms with Crippen molar-refractivity contribution in [2.24, 2.45) is 5.92 Å². The summed E-state index contributed by atoms with van der Waals surface area (Å²) in [5, 5.41) is 3.01. The molecule has 0 aliphatic rings. The summed E-state index contributed by atoms with van der Waals surface area (Å²) < 4.78 is 0. The molecule has 0 unspecified atom stereocenters. The number of amides is 1. The lowest BCUT2D eigenvalue weighted by molar-refractivity contribution is -0.121. The number of H-pyrrole nitrogens is 1. The minimum Gasteiger partial charge on any atom is -0.346 e. The monoisotopic (exact) mass is 245 g/mol. The molecule has 0 spiro atoms. The Balaban J connectivity index is 2.32. The number of para-hydroxylation sites is 2. The van der Waals surface area contributed by atoms with Crippen LogP contribution in [0.2, 0.25) is 0 Å². The summed E-state index contributed by atoms with van der Waals surface area (Å²) >= 11 is 0. The van der Waals surface area contributed by atoms with Crippen LogP contribution in [0.5, 0.6) is 0 Å². The van der Waals surface area contributed by atoms with E-state index >= 15 is 0 Å². The maximum Gasteiger partial charge on any atom is 0.220 e. The number of benzene rings is 1. The summed E-state index contributed by atoms with van der Waals surface area (Å²) in [5.41, 5.74) is 1.94. The van der Waals surface area contributed by atoms with Crippen LogP contribution >= 0.6 is 0 Å². The normalized spacial score (nSPS) is 12.9. The van der Waals surface area contributed by atoms with Crippen LogP contribution in [0.3, 0.4) is 0 Å². The van der Waals surface area contributed by atoms with Gasteiger partial charge in [0.05, 0.1) is 17.1 Å². The number of imidazole rings is 1. The van der Waals surface area contributed by atoms with Crippen molar-refractivity contribution in [2.75, 3.05) is 0 Å². The first kappa shape index (κ1) is 12.6. The number of fused-ring (bicyclic) bond motifs is 1. The molecule has 4 heteroatoms. The minimum absolute atomic E-state index is 0.0501. The molecule has 2 rings (SSSR count). The third kappa shape index (κ3) is 2.53. The van der Waals surface area contributed by atoms with Gasteiger partial charge in [-0.25, -0.2) is 4.98 Å². The quantitative estimate of drug-likeness (QED) is 0.870. The Bertz CT molecular complexity index is 512. The van der Waals surface area contributed by atoms with E-state index < -0.39 is 0 Å². The molecule has 0 bridgehead atoms. The number of rotatable bonds is 4. The summed E-state index contributed by atoms with van der Waals surface area (Å²) in [6.45, 7) is 6.01. The molecule has 1 atom stereocenters. The lowest BCUT2D eigenvalue weighted by Gasteiger charge is -2.19. The summed E-state index contributed by atoms with van der Waals surface area (Å²) in [4.78, 5) is 19.4. The van der Waals surface area contributed by atoms with Crippen LogP contribution < -0.4 is 5.32 Å². The van der Waals surface area contributed by atoms with Crippen molar-refractivity contribution < 1.29 is 4.79 Å². The first-order valence-electron chi connectivity index (χ1n) is 6.35. The van der Waals surface area contributed by atoms with Crippen molar-refractivity contribution in [1.29, 1.82) is 0 Å². The van der Waals surface area contributed by atoms with Gasteiger partial charge in [-0.2, -0.15) is 0 Å². The summed E-state index contributed by atoms with van der Waals surface area (Å²) in [5.74, 6) is 1.17. The van der Waals surface area contributed by atoms with Crippen molar-refractivity contribution in [3.63, 3.8) is 0 Å². The fourth-order valence-electron chi connectivity index (χ4n) is 1.95. The number of nitrogens with zero attached hydrogens (tertiary/aromatic N) is 1. The number of nitrogens with one attached hydrogen (secondary N) is 2. The second-order valence-corrected chi connectivity index (χ2v) is 4.78. The Morgan fingerprint density at radius 3 is 2.72 bits per heavy atom. The summed E-state index contributed by atoms with van der Waals surface area (Å²) in [6.07, 6.45) is 0.490. The number of carbonyl (C=O) groups excluding carboxylic acids is 1. The highest BCUT2D eigenvalue weighted by molar-refractivity contribution is 5.77. The minimum atomic E-state index is -0.0650. The van der Waals surface area contributed by atoms with E-state index in [0.29, 0.717) is 12.3 Å². The van der Waals surface area contributed by atoms with E-state index in [1.165, 1.54) is 0 Å². The van der Waals surface area contributed by atoms with E-state index in [-0.39, 0.29) is 11.9 Å². The molecule has 0 aliphatic carbocycles. The zero-order valence-corrected chi connectivity index (χ0v) is 11.0. The number of aromatic nitrogens is 2. The van der Waals surface area contributed by atoms with E-state index in [4.69, 9.17) is 0 Å². The maximum atomic E-state index is 11.6. The Labute approximate surface area is 107 Å². The molecule has 0 aliphatic heterocycles. The molecule has 1 heterocycles. The van der Waals surface area contributed by atoms with E-state index in [0.717, 1.165) is 16.9 Å². The van der Waals surface area contributed by atoms with Gasteiger partial charge in [0.2, 0.25) is 5.91 Å². The molecule has 1 amide bonds. The Kier molecular flexibility index (Phi) is 3.65. The van der Waals surface area contributed by atoms with Gasteiger partial charge < -0.3 is 10.3 Å². The van der Waals surface area contributed by atoms with Crippen LogP contribution in [-0.2, 0) is 4.79 Å². The van der Waals surface area contributed by atoms with E-state index in [1.807, 2.05) is 31.2 Å².